The summed E-state index contributed by atoms with van der Waals surface area (Å²) >= 11 is 0. The lowest BCUT2D eigenvalue weighted by Gasteiger charge is -2.32. The fourth-order valence-electron chi connectivity index (χ4n) is 3.39. The topological polar surface area (TPSA) is 113 Å². The highest BCUT2D eigenvalue weighted by Gasteiger charge is 2.20. The molecule has 1 fully saturated rings. The van der Waals surface area contributed by atoms with Crippen LogP contribution in [-0.4, -0.2) is 38.7 Å². The van der Waals surface area contributed by atoms with Crippen molar-refractivity contribution < 1.29 is 10.0 Å². The second-order valence-electron chi connectivity index (χ2n) is 7.06. The zero-order valence-corrected chi connectivity index (χ0v) is 15.6. The van der Waals surface area contributed by atoms with Crippen LogP contribution in [-0.2, 0) is 17.9 Å². The summed E-state index contributed by atoms with van der Waals surface area (Å²) in [5.74, 6) is 0.169. The molecule has 0 bridgehead atoms. The van der Waals surface area contributed by atoms with Crippen molar-refractivity contribution in [3.63, 3.8) is 0 Å². The molecule has 0 saturated carbocycles. The zero-order chi connectivity index (χ0) is 19.9. The molecule has 4 N–H and O–H groups in total. The summed E-state index contributed by atoms with van der Waals surface area (Å²) in [4.78, 5) is 29.1. The first-order valence-electron chi connectivity index (χ1n) is 9.30. The van der Waals surface area contributed by atoms with Gasteiger partial charge in [-0.3, -0.25) is 19.5 Å². The molecule has 8 nitrogen and oxygen atoms in total. The monoisotopic (exact) mass is 383 g/mol. The SMILES string of the molecule is Nc1ccn(CC2CCN(Cc3ccc(/C=C/C(=O)NO)cc3)CC2)c(=O)n1. The highest BCUT2D eigenvalue weighted by atomic mass is 16.5. The van der Waals surface area contributed by atoms with Crippen LogP contribution in [0.3, 0.4) is 0 Å². The highest BCUT2D eigenvalue weighted by Crippen LogP contribution is 2.20. The van der Waals surface area contributed by atoms with Gasteiger partial charge in [0.2, 0.25) is 0 Å². The first-order valence-corrected chi connectivity index (χ1v) is 9.30. The molecule has 1 aliphatic rings. The number of likely N-dealkylation sites (tertiary alicyclic amines) is 1. The van der Waals surface area contributed by atoms with Gasteiger partial charge in [-0.15, -0.1) is 0 Å². The first kappa shape index (κ1) is 19.8. The van der Waals surface area contributed by atoms with E-state index in [0.29, 0.717) is 12.5 Å². The number of amides is 1. The number of nitrogens with one attached hydrogen (secondary N) is 1. The third kappa shape index (κ3) is 5.51. The predicted molar refractivity (Wildman–Crippen MR) is 106 cm³/mol. The van der Waals surface area contributed by atoms with Gasteiger partial charge in [0.15, 0.2) is 0 Å². The smallest absolute Gasteiger partial charge is 0.349 e. The summed E-state index contributed by atoms with van der Waals surface area (Å²) in [6.07, 6.45) is 6.72. The second kappa shape index (κ2) is 9.29. The van der Waals surface area contributed by atoms with E-state index in [9.17, 15) is 9.59 Å². The molecule has 1 amide bonds. The first-order chi connectivity index (χ1) is 13.5. The molecule has 148 valence electrons. The maximum Gasteiger partial charge on any atom is 0.349 e. The largest absolute Gasteiger partial charge is 0.383 e. The van der Waals surface area contributed by atoms with Crippen LogP contribution in [0.5, 0.6) is 0 Å². The third-order valence-corrected chi connectivity index (χ3v) is 4.98. The number of carbonyl (C=O) groups excluding carboxylic acids is 1. The Hall–Kier alpha value is -2.97. The van der Waals surface area contributed by atoms with Crippen molar-refractivity contribution >= 4 is 17.8 Å². The molecule has 1 aromatic heterocycles. The Balaban J connectivity index is 1.48. The van der Waals surface area contributed by atoms with E-state index >= 15 is 0 Å². The number of hydrogen-bond acceptors (Lipinski definition) is 6. The molecule has 8 heteroatoms. The summed E-state index contributed by atoms with van der Waals surface area (Å²) in [5.41, 5.74) is 8.92. The van der Waals surface area contributed by atoms with E-state index in [1.807, 2.05) is 24.3 Å². The van der Waals surface area contributed by atoms with E-state index in [2.05, 4.69) is 9.88 Å². The van der Waals surface area contributed by atoms with E-state index < -0.39 is 5.91 Å². The van der Waals surface area contributed by atoms with Crippen LogP contribution in [0.15, 0.2) is 47.4 Å². The number of aromatic nitrogens is 2. The number of carbonyl (C=O) groups is 1. The number of hydroxylamine groups is 1. The molecule has 3 rings (SSSR count). The van der Waals surface area contributed by atoms with Crippen LogP contribution in [0.25, 0.3) is 6.08 Å². The molecule has 1 aromatic carbocycles. The van der Waals surface area contributed by atoms with E-state index in [1.54, 1.807) is 28.4 Å². The molecule has 0 unspecified atom stereocenters. The van der Waals surface area contributed by atoms with Crippen LogP contribution in [0.2, 0.25) is 0 Å². The Morgan fingerprint density at radius 3 is 2.61 bits per heavy atom. The number of anilines is 1. The Morgan fingerprint density at radius 2 is 1.96 bits per heavy atom. The summed E-state index contributed by atoms with van der Waals surface area (Å²) in [6.45, 7) is 3.53. The summed E-state index contributed by atoms with van der Waals surface area (Å²) < 4.78 is 1.64. The van der Waals surface area contributed by atoms with Crippen molar-refractivity contribution in [2.24, 2.45) is 5.92 Å². The molecule has 0 atom stereocenters. The third-order valence-electron chi connectivity index (χ3n) is 4.98. The van der Waals surface area contributed by atoms with Gasteiger partial charge in [-0.25, -0.2) is 10.3 Å². The highest BCUT2D eigenvalue weighted by molar-refractivity contribution is 5.90. The average Bonchev–Trinajstić information content (AvgIpc) is 2.70. The zero-order valence-electron chi connectivity index (χ0n) is 15.6. The van der Waals surface area contributed by atoms with E-state index in [4.69, 9.17) is 10.9 Å². The number of piperidine rings is 1. The van der Waals surface area contributed by atoms with Crippen LogP contribution < -0.4 is 16.9 Å². The van der Waals surface area contributed by atoms with Gasteiger partial charge < -0.3 is 5.73 Å². The maximum absolute atomic E-state index is 11.9. The minimum Gasteiger partial charge on any atom is -0.383 e. The second-order valence-corrected chi connectivity index (χ2v) is 7.06. The Labute approximate surface area is 163 Å². The molecule has 1 aliphatic heterocycles. The van der Waals surface area contributed by atoms with Gasteiger partial charge in [0.05, 0.1) is 0 Å². The fraction of sp³-hybridized carbons (Fsp3) is 0.350. The number of rotatable bonds is 6. The lowest BCUT2D eigenvalue weighted by atomic mass is 9.96. The van der Waals surface area contributed by atoms with Crippen LogP contribution in [0, 0.1) is 5.92 Å². The molecule has 2 aromatic rings. The molecule has 0 radical (unpaired) electrons. The van der Waals surface area contributed by atoms with Crippen LogP contribution in [0.4, 0.5) is 5.82 Å². The molecular formula is C20H25N5O3. The van der Waals surface area contributed by atoms with E-state index in [0.717, 1.165) is 38.0 Å². The molecular weight excluding hydrogens is 358 g/mol. The van der Waals surface area contributed by atoms with Gasteiger partial charge in [0, 0.05) is 25.4 Å². The standard InChI is InChI=1S/C20H25N5O3/c21-18-9-12-25(20(27)22-18)14-17-7-10-24(11-8-17)13-16-3-1-15(2-4-16)5-6-19(26)23-28/h1-6,9,12,17,28H,7-8,10-11,13-14H2,(H,23,26)(H2,21,22,27)/b6-5+. The Morgan fingerprint density at radius 1 is 1.25 bits per heavy atom. The van der Waals surface area contributed by atoms with Crippen molar-refractivity contribution in [2.75, 3.05) is 18.8 Å². The van der Waals surface area contributed by atoms with E-state index in [-0.39, 0.29) is 11.5 Å². The summed E-state index contributed by atoms with van der Waals surface area (Å²) in [6, 6.07) is 9.64. The number of nitrogens with zero attached hydrogens (tertiary/aromatic N) is 3. The minimum atomic E-state index is -0.552. The van der Waals surface area contributed by atoms with Crippen molar-refractivity contribution in [1.29, 1.82) is 0 Å². The summed E-state index contributed by atoms with van der Waals surface area (Å²) in [5, 5.41) is 8.48. The van der Waals surface area contributed by atoms with Gasteiger partial charge in [-0.2, -0.15) is 4.98 Å². The maximum atomic E-state index is 11.9. The Bertz CT molecular complexity index is 883. The number of nitrogens with two attached hydrogens (primary N) is 1. The molecule has 2 heterocycles. The van der Waals surface area contributed by atoms with E-state index in [1.165, 1.54) is 11.6 Å². The van der Waals surface area contributed by atoms with Crippen molar-refractivity contribution in [3.05, 3.63) is 64.2 Å². The number of nitrogen functional groups attached to an aromatic ring is 1. The normalized spacial score (nSPS) is 15.8. The van der Waals surface area contributed by atoms with Crippen molar-refractivity contribution in [1.82, 2.24) is 19.9 Å². The van der Waals surface area contributed by atoms with Crippen LogP contribution >= 0.6 is 0 Å². The van der Waals surface area contributed by atoms with Crippen LogP contribution in [0.1, 0.15) is 24.0 Å². The minimum absolute atomic E-state index is 0.259. The van der Waals surface area contributed by atoms with Gasteiger partial charge >= 0.3 is 5.69 Å². The summed E-state index contributed by atoms with van der Waals surface area (Å²) in [7, 11) is 0. The number of hydrogen-bond donors (Lipinski definition) is 3. The van der Waals surface area contributed by atoms with Gasteiger partial charge in [0.1, 0.15) is 5.82 Å². The van der Waals surface area contributed by atoms with Crippen molar-refractivity contribution in [2.45, 2.75) is 25.9 Å². The van der Waals surface area contributed by atoms with Gasteiger partial charge in [-0.05, 0) is 55.1 Å². The van der Waals surface area contributed by atoms with Gasteiger partial charge in [-0.1, -0.05) is 24.3 Å². The Kier molecular flexibility index (Phi) is 6.57. The lowest BCUT2D eigenvalue weighted by molar-refractivity contribution is -0.124. The molecule has 0 aliphatic carbocycles. The molecule has 0 spiro atoms. The predicted octanol–water partition coefficient (Wildman–Crippen LogP) is 1.26. The lowest BCUT2D eigenvalue weighted by Crippen LogP contribution is -2.36. The van der Waals surface area contributed by atoms with Gasteiger partial charge in [0.25, 0.3) is 5.91 Å². The molecule has 28 heavy (non-hydrogen) atoms. The quantitative estimate of drug-likeness (QED) is 0.393. The molecule has 1 saturated heterocycles. The van der Waals surface area contributed by atoms with Crippen molar-refractivity contribution in [3.8, 4) is 0 Å². The number of benzene rings is 1. The average molecular weight is 383 g/mol. The fourth-order valence-corrected chi connectivity index (χ4v) is 3.39.